The van der Waals surface area contributed by atoms with Crippen molar-refractivity contribution in [2.24, 2.45) is 11.8 Å². The van der Waals surface area contributed by atoms with Crippen molar-refractivity contribution in [2.45, 2.75) is 45.7 Å². The summed E-state index contributed by atoms with van der Waals surface area (Å²) < 4.78 is 39.0. The number of hydrogen-bond acceptors (Lipinski definition) is 2. The molecule has 7 heteroatoms. The van der Waals surface area contributed by atoms with Crippen molar-refractivity contribution >= 4 is 11.6 Å². The van der Waals surface area contributed by atoms with E-state index in [1.165, 1.54) is 0 Å². The summed E-state index contributed by atoms with van der Waals surface area (Å²) >= 11 is 0. The highest BCUT2D eigenvalue weighted by atomic mass is 19.4. The van der Waals surface area contributed by atoms with Crippen molar-refractivity contribution in [3.8, 4) is 0 Å². The molecule has 2 atom stereocenters. The van der Waals surface area contributed by atoms with E-state index in [0.29, 0.717) is 29.9 Å². The van der Waals surface area contributed by atoms with Gasteiger partial charge in [0, 0.05) is 5.92 Å². The van der Waals surface area contributed by atoms with Crippen molar-refractivity contribution in [1.29, 1.82) is 0 Å². The smallest absolute Gasteiger partial charge is 0.323 e. The number of halogens is 3. The number of rotatable bonds is 2. The molecule has 1 saturated carbocycles. The highest BCUT2D eigenvalue weighted by Crippen LogP contribution is 2.42. The molecule has 0 radical (unpaired) electrons. The van der Waals surface area contributed by atoms with Crippen LogP contribution in [-0.2, 0) is 4.79 Å². The lowest BCUT2D eigenvalue weighted by atomic mass is 9.78. The average molecular weight is 289 g/mol. The molecule has 2 rings (SSSR count). The maximum absolute atomic E-state index is 13.0. The first-order valence-electron chi connectivity index (χ1n) is 6.70. The first-order chi connectivity index (χ1) is 9.30. The van der Waals surface area contributed by atoms with E-state index in [-0.39, 0.29) is 12.8 Å². The molecule has 0 saturated heterocycles. The van der Waals surface area contributed by atoms with Crippen molar-refractivity contribution < 1.29 is 18.0 Å². The number of H-pyrrole nitrogens is 1. The Balaban J connectivity index is 2.14. The van der Waals surface area contributed by atoms with Crippen molar-refractivity contribution in [3.63, 3.8) is 0 Å². The molecule has 112 valence electrons. The topological polar surface area (TPSA) is 57.8 Å². The number of amides is 1. The molecule has 1 amide bonds. The van der Waals surface area contributed by atoms with Crippen LogP contribution in [-0.4, -0.2) is 22.3 Å². The van der Waals surface area contributed by atoms with E-state index in [0.717, 1.165) is 0 Å². The van der Waals surface area contributed by atoms with E-state index in [4.69, 9.17) is 0 Å². The zero-order valence-corrected chi connectivity index (χ0v) is 11.5. The SMILES string of the molecule is Cc1n[nH]c(C)c1NC(=O)C1CCCCC1C(F)(F)F. The number of aromatic amines is 1. The number of aromatic nitrogens is 2. The third-order valence-corrected chi connectivity index (χ3v) is 3.90. The van der Waals surface area contributed by atoms with Gasteiger partial charge in [0.25, 0.3) is 0 Å². The van der Waals surface area contributed by atoms with Gasteiger partial charge in [0.2, 0.25) is 5.91 Å². The molecule has 1 aliphatic carbocycles. The molecule has 1 heterocycles. The summed E-state index contributed by atoms with van der Waals surface area (Å²) in [6, 6.07) is 0. The van der Waals surface area contributed by atoms with Gasteiger partial charge in [-0.2, -0.15) is 18.3 Å². The van der Waals surface area contributed by atoms with Gasteiger partial charge in [-0.25, -0.2) is 0 Å². The van der Waals surface area contributed by atoms with Crippen LogP contribution in [0.3, 0.4) is 0 Å². The van der Waals surface area contributed by atoms with Gasteiger partial charge in [0.1, 0.15) is 0 Å². The maximum atomic E-state index is 13.0. The third-order valence-electron chi connectivity index (χ3n) is 3.90. The summed E-state index contributed by atoms with van der Waals surface area (Å²) in [4.78, 5) is 12.2. The minimum absolute atomic E-state index is 0.0327. The monoisotopic (exact) mass is 289 g/mol. The number of hydrogen-bond donors (Lipinski definition) is 2. The standard InChI is InChI=1S/C13H18F3N3O/c1-7-11(8(2)19-18-7)17-12(20)9-5-3-4-6-10(9)13(14,15)16/h9-10H,3-6H2,1-2H3,(H,17,20)(H,18,19). The molecule has 20 heavy (non-hydrogen) atoms. The van der Waals surface area contributed by atoms with Crippen LogP contribution in [0.25, 0.3) is 0 Å². The molecule has 0 bridgehead atoms. The first-order valence-corrected chi connectivity index (χ1v) is 6.70. The highest BCUT2D eigenvalue weighted by Gasteiger charge is 2.48. The molecule has 1 aromatic heterocycles. The zero-order chi connectivity index (χ0) is 14.9. The van der Waals surface area contributed by atoms with Crippen LogP contribution in [0.5, 0.6) is 0 Å². The van der Waals surface area contributed by atoms with Crippen molar-refractivity contribution in [2.75, 3.05) is 5.32 Å². The summed E-state index contributed by atoms with van der Waals surface area (Å²) in [6.45, 7) is 3.42. The second-order valence-electron chi connectivity index (χ2n) is 5.34. The van der Waals surface area contributed by atoms with Crippen LogP contribution in [0.1, 0.15) is 37.1 Å². The summed E-state index contributed by atoms with van der Waals surface area (Å²) in [5.74, 6) is -3.10. The van der Waals surface area contributed by atoms with Gasteiger partial charge in [-0.3, -0.25) is 9.89 Å². The molecular formula is C13H18F3N3O. The molecule has 1 fully saturated rings. The average Bonchev–Trinajstić information content (AvgIpc) is 2.69. The molecule has 2 unspecified atom stereocenters. The second-order valence-corrected chi connectivity index (χ2v) is 5.34. The number of aryl methyl sites for hydroxylation is 2. The van der Waals surface area contributed by atoms with Crippen LogP contribution in [0.4, 0.5) is 18.9 Å². The van der Waals surface area contributed by atoms with Crippen LogP contribution in [0.2, 0.25) is 0 Å². The Kier molecular flexibility index (Phi) is 4.06. The van der Waals surface area contributed by atoms with Crippen molar-refractivity contribution in [3.05, 3.63) is 11.4 Å². The lowest BCUT2D eigenvalue weighted by Gasteiger charge is -2.31. The number of alkyl halides is 3. The second kappa shape index (κ2) is 5.46. The van der Waals surface area contributed by atoms with Gasteiger partial charge >= 0.3 is 6.18 Å². The van der Waals surface area contributed by atoms with Gasteiger partial charge in [0.05, 0.1) is 23.0 Å². The Labute approximate surface area is 115 Å². The molecule has 0 spiro atoms. The summed E-state index contributed by atoms with van der Waals surface area (Å²) in [5, 5.41) is 9.22. The number of nitrogens with zero attached hydrogens (tertiary/aromatic N) is 1. The number of carbonyl (C=O) groups is 1. The Morgan fingerprint density at radius 2 is 1.95 bits per heavy atom. The van der Waals surface area contributed by atoms with E-state index < -0.39 is 23.9 Å². The molecule has 4 nitrogen and oxygen atoms in total. The number of anilines is 1. The lowest BCUT2D eigenvalue weighted by molar-refractivity contribution is -0.197. The van der Waals surface area contributed by atoms with Gasteiger partial charge in [-0.15, -0.1) is 0 Å². The van der Waals surface area contributed by atoms with E-state index in [1.54, 1.807) is 13.8 Å². The Morgan fingerprint density at radius 1 is 1.30 bits per heavy atom. The highest BCUT2D eigenvalue weighted by molar-refractivity contribution is 5.93. The van der Waals surface area contributed by atoms with E-state index in [2.05, 4.69) is 15.5 Å². The minimum atomic E-state index is -4.32. The fraction of sp³-hybridized carbons (Fsp3) is 0.692. The quantitative estimate of drug-likeness (QED) is 0.877. The molecule has 1 aromatic rings. The molecule has 0 aliphatic heterocycles. The number of carbonyl (C=O) groups excluding carboxylic acids is 1. The Hall–Kier alpha value is -1.53. The van der Waals surface area contributed by atoms with Gasteiger partial charge in [0.15, 0.2) is 0 Å². The predicted molar refractivity (Wildman–Crippen MR) is 68.2 cm³/mol. The first kappa shape index (κ1) is 14.9. The molecule has 1 aliphatic rings. The van der Waals surface area contributed by atoms with Crippen LogP contribution in [0.15, 0.2) is 0 Å². The molecule has 0 aromatic carbocycles. The van der Waals surface area contributed by atoms with E-state index in [9.17, 15) is 18.0 Å². The lowest BCUT2D eigenvalue weighted by Crippen LogP contribution is -2.39. The van der Waals surface area contributed by atoms with E-state index in [1.807, 2.05) is 0 Å². The fourth-order valence-electron chi connectivity index (χ4n) is 2.79. The Morgan fingerprint density at radius 3 is 2.50 bits per heavy atom. The summed E-state index contributed by atoms with van der Waals surface area (Å²) in [5.41, 5.74) is 1.71. The predicted octanol–water partition coefficient (Wildman–Crippen LogP) is 3.33. The largest absolute Gasteiger partial charge is 0.392 e. The van der Waals surface area contributed by atoms with Crippen LogP contribution < -0.4 is 5.32 Å². The van der Waals surface area contributed by atoms with Crippen molar-refractivity contribution in [1.82, 2.24) is 10.2 Å². The summed E-state index contributed by atoms with van der Waals surface area (Å²) in [7, 11) is 0. The zero-order valence-electron chi connectivity index (χ0n) is 11.5. The third kappa shape index (κ3) is 2.96. The fourth-order valence-corrected chi connectivity index (χ4v) is 2.79. The molecule has 2 N–H and O–H groups in total. The van der Waals surface area contributed by atoms with E-state index >= 15 is 0 Å². The summed E-state index contributed by atoms with van der Waals surface area (Å²) in [6.07, 6.45) is -2.81. The van der Waals surface area contributed by atoms with Gasteiger partial charge < -0.3 is 5.32 Å². The van der Waals surface area contributed by atoms with Gasteiger partial charge in [-0.05, 0) is 26.7 Å². The minimum Gasteiger partial charge on any atom is -0.323 e. The normalized spacial score (nSPS) is 23.6. The maximum Gasteiger partial charge on any atom is 0.392 e. The molecular weight excluding hydrogens is 271 g/mol. The number of nitrogens with one attached hydrogen (secondary N) is 2. The van der Waals surface area contributed by atoms with Crippen LogP contribution in [0, 0.1) is 25.7 Å². The van der Waals surface area contributed by atoms with Gasteiger partial charge in [-0.1, -0.05) is 12.8 Å². The Bertz CT molecular complexity index is 476. The van der Waals surface area contributed by atoms with Crippen LogP contribution >= 0.6 is 0 Å².